The zero-order valence-corrected chi connectivity index (χ0v) is 32.2. The molecule has 1 fully saturated rings. The van der Waals surface area contributed by atoms with Crippen LogP contribution in [0.25, 0.3) is 0 Å². The summed E-state index contributed by atoms with van der Waals surface area (Å²) >= 11 is 1.33. The Morgan fingerprint density at radius 3 is 2.32 bits per heavy atom. The molecule has 2 aromatic rings. The van der Waals surface area contributed by atoms with Crippen LogP contribution in [0.2, 0.25) is 0 Å². The fourth-order valence-electron chi connectivity index (χ4n) is 6.70. The van der Waals surface area contributed by atoms with Gasteiger partial charge in [0, 0.05) is 37.5 Å². The molecule has 1 aliphatic rings. The number of aliphatic carboxylic acids is 1. The van der Waals surface area contributed by atoms with E-state index in [1.54, 1.807) is 24.3 Å². The number of hydrogen-bond acceptors (Lipinski definition) is 8. The second kappa shape index (κ2) is 18.8. The van der Waals surface area contributed by atoms with E-state index in [1.807, 2.05) is 65.1 Å². The van der Waals surface area contributed by atoms with Gasteiger partial charge in [0.15, 0.2) is 0 Å². The third-order valence-electron chi connectivity index (χ3n) is 10.4. The lowest BCUT2D eigenvalue weighted by Crippen LogP contribution is -2.60. The number of thiazole rings is 1. The van der Waals surface area contributed by atoms with Crippen molar-refractivity contribution in [1.29, 1.82) is 0 Å². The van der Waals surface area contributed by atoms with Gasteiger partial charge < -0.3 is 25.4 Å². The predicted octanol–water partition coefficient (Wildman–Crippen LogP) is 5.56. The van der Waals surface area contributed by atoms with Gasteiger partial charge in [-0.2, -0.15) is 0 Å². The van der Waals surface area contributed by atoms with Crippen LogP contribution in [-0.4, -0.2) is 94.5 Å². The summed E-state index contributed by atoms with van der Waals surface area (Å²) in [4.78, 5) is 61.4. The molecule has 1 aromatic carbocycles. The Balaban J connectivity index is 1.79. The first-order chi connectivity index (χ1) is 23.6. The molecular weight excluding hydrogens is 655 g/mol. The number of benzene rings is 1. The monoisotopic (exact) mass is 713 g/mol. The molecule has 3 N–H and O–H groups in total. The van der Waals surface area contributed by atoms with Crippen molar-refractivity contribution < 1.29 is 29.0 Å². The molecule has 0 radical (unpaired) electrons. The lowest BCUT2D eigenvalue weighted by molar-refractivity contribution is -0.142. The van der Waals surface area contributed by atoms with Gasteiger partial charge in [-0.1, -0.05) is 71.4 Å². The van der Waals surface area contributed by atoms with Crippen molar-refractivity contribution in [3.8, 4) is 0 Å². The van der Waals surface area contributed by atoms with Gasteiger partial charge >= 0.3 is 5.97 Å². The van der Waals surface area contributed by atoms with Crippen molar-refractivity contribution in [2.45, 2.75) is 117 Å². The maximum absolute atomic E-state index is 14.2. The first-order valence-corrected chi connectivity index (χ1v) is 18.9. The molecule has 11 nitrogen and oxygen atoms in total. The number of carbonyl (C=O) groups is 4. The van der Waals surface area contributed by atoms with Crippen molar-refractivity contribution in [1.82, 2.24) is 25.4 Å². The van der Waals surface area contributed by atoms with Crippen molar-refractivity contribution in [2.75, 3.05) is 27.2 Å². The highest BCUT2D eigenvalue weighted by Gasteiger charge is 2.44. The molecule has 2 heterocycles. The zero-order chi connectivity index (χ0) is 37.2. The van der Waals surface area contributed by atoms with E-state index in [9.17, 15) is 24.3 Å². The van der Waals surface area contributed by atoms with E-state index in [4.69, 9.17) is 9.72 Å². The summed E-state index contributed by atoms with van der Waals surface area (Å²) in [7, 11) is 3.75. The smallest absolute Gasteiger partial charge is 0.306 e. The molecule has 6 unspecified atom stereocenters. The summed E-state index contributed by atoms with van der Waals surface area (Å²) < 4.78 is 6.19. The zero-order valence-electron chi connectivity index (χ0n) is 31.4. The summed E-state index contributed by atoms with van der Waals surface area (Å²) in [5.41, 5.74) is 0.595. The number of aromatic nitrogens is 1. The van der Waals surface area contributed by atoms with Crippen molar-refractivity contribution in [2.24, 2.45) is 17.8 Å². The van der Waals surface area contributed by atoms with Crippen LogP contribution in [0, 0.1) is 17.8 Å². The van der Waals surface area contributed by atoms with Crippen LogP contribution in [0.5, 0.6) is 0 Å². The number of carbonyl (C=O) groups excluding carboxylic acids is 3. The molecule has 0 saturated carbocycles. The average molecular weight is 714 g/mol. The molecule has 3 amide bonds. The standard InChI is InChI=1S/C38H59N5O6S/c1-10-25(5)32(41-37(48)38(7)18-15-19-42(38)8)35(45)43(9)30(24(3)4)22-31(49-11-2)34-40-29(23-50-34)33(44)39-28(20-26(6)36(46)47)21-27-16-13-12-14-17-27/h12-14,16-17,23-26,28,30-32H,10-11,15,18-22H2,1-9H3,(H,39,44)(H,41,48)(H,46,47)/t25?,26?,28?,30?,31?,32?,38-/m1/s1. The molecule has 1 aliphatic heterocycles. The number of carboxylic acids is 1. The number of amides is 3. The third kappa shape index (κ3) is 10.6. The fraction of sp³-hybridized carbons (Fsp3) is 0.658. The molecule has 1 saturated heterocycles. The first-order valence-electron chi connectivity index (χ1n) is 18.1. The van der Waals surface area contributed by atoms with E-state index in [0.29, 0.717) is 24.5 Å². The van der Waals surface area contributed by atoms with Gasteiger partial charge in [-0.3, -0.25) is 24.1 Å². The number of carboxylic acid groups (broad SMARTS) is 1. The van der Waals surface area contributed by atoms with E-state index in [1.165, 1.54) is 11.3 Å². The molecule has 0 bridgehead atoms. The number of ether oxygens (including phenoxy) is 1. The lowest BCUT2D eigenvalue weighted by atomic mass is 9.91. The van der Waals surface area contributed by atoms with Crippen molar-refractivity contribution in [3.63, 3.8) is 0 Å². The minimum atomic E-state index is -0.912. The Kier molecular flexibility index (Phi) is 15.4. The highest BCUT2D eigenvalue weighted by atomic mass is 32.1. The molecule has 1 aromatic heterocycles. The van der Waals surface area contributed by atoms with Crippen LogP contribution in [0.15, 0.2) is 35.7 Å². The van der Waals surface area contributed by atoms with E-state index in [0.717, 1.165) is 31.4 Å². The molecular formula is C38H59N5O6S. The van der Waals surface area contributed by atoms with Gasteiger partial charge in [0.1, 0.15) is 22.8 Å². The molecule has 3 rings (SSSR count). The van der Waals surface area contributed by atoms with Gasteiger partial charge in [-0.15, -0.1) is 11.3 Å². The second-order valence-electron chi connectivity index (χ2n) is 14.5. The van der Waals surface area contributed by atoms with Gasteiger partial charge in [-0.05, 0) is 70.5 Å². The maximum Gasteiger partial charge on any atom is 0.306 e. The van der Waals surface area contributed by atoms with E-state index in [-0.39, 0.29) is 47.7 Å². The highest BCUT2D eigenvalue weighted by Crippen LogP contribution is 2.32. The molecule has 50 heavy (non-hydrogen) atoms. The number of likely N-dealkylation sites (N-methyl/N-ethyl adjacent to an activating group) is 2. The molecule has 0 spiro atoms. The Bertz CT molecular complexity index is 1420. The molecule has 12 heteroatoms. The number of hydrogen-bond donors (Lipinski definition) is 3. The maximum atomic E-state index is 14.2. The summed E-state index contributed by atoms with van der Waals surface area (Å²) in [5.74, 6) is -2.17. The third-order valence-corrected chi connectivity index (χ3v) is 11.4. The van der Waals surface area contributed by atoms with Crippen LogP contribution < -0.4 is 10.6 Å². The summed E-state index contributed by atoms with van der Waals surface area (Å²) in [6.45, 7) is 14.9. The molecule has 278 valence electrons. The van der Waals surface area contributed by atoms with Crippen molar-refractivity contribution >= 4 is 35.0 Å². The predicted molar refractivity (Wildman–Crippen MR) is 197 cm³/mol. The average Bonchev–Trinajstić information content (AvgIpc) is 3.71. The number of nitrogens with one attached hydrogen (secondary N) is 2. The quantitative estimate of drug-likeness (QED) is 0.172. The second-order valence-corrected chi connectivity index (χ2v) is 15.4. The highest BCUT2D eigenvalue weighted by molar-refractivity contribution is 7.09. The summed E-state index contributed by atoms with van der Waals surface area (Å²) in [5, 5.41) is 18.0. The van der Waals surface area contributed by atoms with Gasteiger partial charge in [0.25, 0.3) is 5.91 Å². The minimum absolute atomic E-state index is 0.0658. The van der Waals surface area contributed by atoms with Crippen LogP contribution in [0.3, 0.4) is 0 Å². The van der Waals surface area contributed by atoms with Crippen LogP contribution >= 0.6 is 11.3 Å². The SMILES string of the molecule is CCOC(CC(C(C)C)N(C)C(=O)C(NC(=O)[C@@]1(C)CCCN1C)C(C)CC)c1nc(C(=O)NC(Cc2ccccc2)CC(C)C(=O)O)cs1. The first kappa shape index (κ1) is 41.1. The van der Waals surface area contributed by atoms with Crippen LogP contribution in [0.1, 0.15) is 108 Å². The topological polar surface area (TPSA) is 141 Å². The Hall–Kier alpha value is -3.35. The molecule has 0 aliphatic carbocycles. The van der Waals surface area contributed by atoms with E-state index < -0.39 is 35.6 Å². The van der Waals surface area contributed by atoms with Gasteiger partial charge in [-0.25, -0.2) is 4.98 Å². The van der Waals surface area contributed by atoms with Crippen LogP contribution in [-0.2, 0) is 25.5 Å². The Labute approximate surface area is 302 Å². The van der Waals surface area contributed by atoms with Crippen molar-refractivity contribution in [3.05, 3.63) is 52.0 Å². The summed E-state index contributed by atoms with van der Waals surface area (Å²) in [6, 6.07) is 8.36. The Morgan fingerprint density at radius 2 is 1.76 bits per heavy atom. The minimum Gasteiger partial charge on any atom is -0.481 e. The number of nitrogens with zero attached hydrogens (tertiary/aromatic N) is 3. The van der Waals surface area contributed by atoms with Gasteiger partial charge in [0.2, 0.25) is 11.8 Å². The number of rotatable bonds is 19. The number of likely N-dealkylation sites (tertiary alicyclic amines) is 1. The Morgan fingerprint density at radius 1 is 1.08 bits per heavy atom. The largest absolute Gasteiger partial charge is 0.481 e. The lowest BCUT2D eigenvalue weighted by Gasteiger charge is -2.38. The fourth-order valence-corrected chi connectivity index (χ4v) is 7.56. The summed E-state index contributed by atoms with van der Waals surface area (Å²) in [6.07, 6.45) is 3.18. The van der Waals surface area contributed by atoms with E-state index >= 15 is 0 Å². The van der Waals surface area contributed by atoms with Crippen LogP contribution in [0.4, 0.5) is 0 Å². The van der Waals surface area contributed by atoms with E-state index in [2.05, 4.69) is 29.4 Å². The molecule has 7 atom stereocenters. The van der Waals surface area contributed by atoms with Gasteiger partial charge in [0.05, 0.1) is 11.5 Å². The normalized spacial score (nSPS) is 20.0.